The molecule has 0 bridgehead atoms. The van der Waals surface area contributed by atoms with Crippen LogP contribution >= 0.6 is 0 Å². The van der Waals surface area contributed by atoms with Crippen LogP contribution in [0.3, 0.4) is 0 Å². The molecule has 0 saturated carbocycles. The number of ether oxygens (including phenoxy) is 1. The second-order valence-corrected chi connectivity index (χ2v) is 15.2. The zero-order chi connectivity index (χ0) is 26.7. The van der Waals surface area contributed by atoms with Gasteiger partial charge in [-0.25, -0.2) is 0 Å². The van der Waals surface area contributed by atoms with E-state index in [-0.39, 0.29) is 0 Å². The zero-order valence-corrected chi connectivity index (χ0v) is 23.1. The van der Waals surface area contributed by atoms with Crippen LogP contribution in [0.4, 0.5) is 0 Å². The molecular formula is C33H21AsN4O2. The molecule has 0 fully saturated rings. The fourth-order valence-corrected chi connectivity index (χ4v) is 11.9. The molecule has 1 aliphatic heterocycles. The van der Waals surface area contributed by atoms with E-state index >= 15 is 0 Å². The van der Waals surface area contributed by atoms with Gasteiger partial charge >= 0.3 is 233 Å². The summed E-state index contributed by atoms with van der Waals surface area (Å²) in [6.45, 7) is 0. The molecule has 0 amide bonds. The Morgan fingerprint density at radius 2 is 1.45 bits per heavy atom. The van der Waals surface area contributed by atoms with Gasteiger partial charge < -0.3 is 0 Å². The van der Waals surface area contributed by atoms with Crippen LogP contribution in [-0.2, 0) is 3.74 Å². The summed E-state index contributed by atoms with van der Waals surface area (Å²) >= 11 is -3.99. The summed E-state index contributed by atoms with van der Waals surface area (Å²) in [5.41, 5.74) is 3.80. The number of pyridine rings is 3. The molecule has 0 N–H and O–H groups in total. The molecule has 7 aromatic rings. The summed E-state index contributed by atoms with van der Waals surface area (Å²) in [5.74, 6) is 1.71. The number of para-hydroxylation sites is 1. The van der Waals surface area contributed by atoms with E-state index < -0.39 is 13.5 Å². The SMILES string of the molecule is O=[As]1(c2cccc(Oc3cccc(-n4c5ccccc5c5cccnc54)n3)c2)c2ccccc2-c2cccnc21. The van der Waals surface area contributed by atoms with Crippen molar-refractivity contribution in [1.29, 1.82) is 0 Å². The van der Waals surface area contributed by atoms with Gasteiger partial charge in [0.1, 0.15) is 0 Å². The van der Waals surface area contributed by atoms with E-state index in [0.29, 0.717) is 21.9 Å². The van der Waals surface area contributed by atoms with Crippen LogP contribution in [0.1, 0.15) is 0 Å². The van der Waals surface area contributed by atoms with Crippen LogP contribution < -0.4 is 17.9 Å². The molecule has 6 nitrogen and oxygen atoms in total. The molecular weight excluding hydrogens is 559 g/mol. The Hall–Kier alpha value is -4.93. The third-order valence-electron chi connectivity index (χ3n) is 7.39. The number of hydrogen-bond donors (Lipinski definition) is 0. The molecule has 190 valence electrons. The minimum absolute atomic E-state index is 0.437. The van der Waals surface area contributed by atoms with Crippen LogP contribution in [0.25, 0.3) is 38.9 Å². The van der Waals surface area contributed by atoms with Crippen molar-refractivity contribution in [3.05, 3.63) is 128 Å². The molecule has 8 rings (SSSR count). The Balaban J connectivity index is 1.21. The van der Waals surface area contributed by atoms with Crippen molar-refractivity contribution in [2.45, 2.75) is 0 Å². The second-order valence-electron chi connectivity index (χ2n) is 9.66. The van der Waals surface area contributed by atoms with Crippen molar-refractivity contribution in [2.24, 2.45) is 0 Å². The van der Waals surface area contributed by atoms with Crippen LogP contribution in [0.2, 0.25) is 0 Å². The van der Waals surface area contributed by atoms with Gasteiger partial charge in [-0.3, -0.25) is 0 Å². The summed E-state index contributed by atoms with van der Waals surface area (Å²) < 4.78 is 25.5. The number of rotatable bonds is 4. The Labute approximate surface area is 232 Å². The number of aromatic nitrogens is 4. The molecule has 1 atom stereocenters. The van der Waals surface area contributed by atoms with Gasteiger partial charge in [-0.1, -0.05) is 0 Å². The molecule has 5 heterocycles. The first kappa shape index (κ1) is 23.0. The topological polar surface area (TPSA) is 69.9 Å². The summed E-state index contributed by atoms with van der Waals surface area (Å²) in [5, 5.41) is 2.18. The Morgan fingerprint density at radius 3 is 2.42 bits per heavy atom. The van der Waals surface area contributed by atoms with E-state index in [4.69, 9.17) is 9.72 Å². The average molecular weight is 580 g/mol. The molecule has 4 aromatic heterocycles. The summed E-state index contributed by atoms with van der Waals surface area (Å²) in [6.07, 6.45) is 3.51. The summed E-state index contributed by atoms with van der Waals surface area (Å²) in [7, 11) is 0. The van der Waals surface area contributed by atoms with Crippen LogP contribution in [0.5, 0.6) is 11.6 Å². The van der Waals surface area contributed by atoms with Crippen molar-refractivity contribution >= 4 is 48.6 Å². The van der Waals surface area contributed by atoms with Crippen LogP contribution in [0.15, 0.2) is 128 Å². The number of hydrogen-bond acceptors (Lipinski definition) is 5. The Kier molecular flexibility index (Phi) is 5.06. The third kappa shape index (κ3) is 3.33. The Morgan fingerprint density at radius 1 is 0.675 bits per heavy atom. The van der Waals surface area contributed by atoms with Gasteiger partial charge in [-0.15, -0.1) is 0 Å². The molecule has 0 aliphatic carbocycles. The van der Waals surface area contributed by atoms with E-state index in [1.165, 1.54) is 0 Å². The van der Waals surface area contributed by atoms with Gasteiger partial charge in [0.25, 0.3) is 0 Å². The van der Waals surface area contributed by atoms with Crippen molar-refractivity contribution < 1.29 is 8.48 Å². The quantitative estimate of drug-likeness (QED) is 0.270. The monoisotopic (exact) mass is 580 g/mol. The van der Waals surface area contributed by atoms with Crippen LogP contribution in [-0.4, -0.2) is 33.0 Å². The molecule has 0 spiro atoms. The molecule has 7 heteroatoms. The van der Waals surface area contributed by atoms with E-state index in [1.807, 2.05) is 102 Å². The van der Waals surface area contributed by atoms with Gasteiger partial charge in [0.05, 0.1) is 0 Å². The summed E-state index contributed by atoms with van der Waals surface area (Å²) in [4.78, 5) is 14.1. The van der Waals surface area contributed by atoms with E-state index in [2.05, 4.69) is 28.2 Å². The van der Waals surface area contributed by atoms with E-state index in [0.717, 1.165) is 41.8 Å². The molecule has 1 aliphatic rings. The minimum atomic E-state index is -3.99. The van der Waals surface area contributed by atoms with E-state index in [1.54, 1.807) is 12.4 Å². The maximum absolute atomic E-state index is 14.8. The first-order valence-corrected chi connectivity index (χ1v) is 16.6. The Bertz CT molecular complexity index is 2050. The molecule has 3 aromatic carbocycles. The normalized spacial score (nSPS) is 15.7. The fourth-order valence-electron chi connectivity index (χ4n) is 5.69. The first-order chi connectivity index (χ1) is 19.7. The van der Waals surface area contributed by atoms with Crippen molar-refractivity contribution in [3.63, 3.8) is 0 Å². The average Bonchev–Trinajstić information content (AvgIpc) is 3.49. The molecule has 40 heavy (non-hydrogen) atoms. The van der Waals surface area contributed by atoms with Gasteiger partial charge in [0, 0.05) is 0 Å². The predicted molar refractivity (Wildman–Crippen MR) is 158 cm³/mol. The van der Waals surface area contributed by atoms with Gasteiger partial charge in [-0.05, 0) is 0 Å². The van der Waals surface area contributed by atoms with Gasteiger partial charge in [-0.2, -0.15) is 0 Å². The van der Waals surface area contributed by atoms with Crippen LogP contribution in [0, 0.1) is 0 Å². The fraction of sp³-hybridized carbons (Fsp3) is 0. The first-order valence-electron chi connectivity index (χ1n) is 13.0. The van der Waals surface area contributed by atoms with Gasteiger partial charge in [0.15, 0.2) is 0 Å². The zero-order valence-electron chi connectivity index (χ0n) is 21.2. The molecule has 1 unspecified atom stereocenters. The predicted octanol–water partition coefficient (Wildman–Crippen LogP) is 5.14. The standard InChI is InChI=1S/C33H21AsN4O2/c39-34(28-15-3-1-11-24(28)26-13-7-19-35-32(26)34)22-9-5-10-23(21-22)40-31-18-6-17-30(37-31)38-29-16-4-2-12-25(29)27-14-8-20-36-33(27)38/h1-21H. The molecule has 0 saturated heterocycles. The number of fused-ring (bicyclic) bond motifs is 6. The van der Waals surface area contributed by atoms with Gasteiger partial charge in [0.2, 0.25) is 0 Å². The van der Waals surface area contributed by atoms with Crippen molar-refractivity contribution in [3.8, 4) is 28.6 Å². The molecule has 0 radical (unpaired) electrons. The van der Waals surface area contributed by atoms with Crippen molar-refractivity contribution in [2.75, 3.05) is 0 Å². The summed E-state index contributed by atoms with van der Waals surface area (Å²) in [6, 6.07) is 37.3. The number of nitrogens with zero attached hydrogens (tertiary/aromatic N) is 4. The van der Waals surface area contributed by atoms with Crippen molar-refractivity contribution in [1.82, 2.24) is 19.5 Å². The number of benzene rings is 3. The second kappa shape index (κ2) is 8.80. The third-order valence-corrected chi connectivity index (χ3v) is 13.7. The maximum atomic E-state index is 14.8. The van der Waals surface area contributed by atoms with E-state index in [9.17, 15) is 3.74 Å².